The van der Waals surface area contributed by atoms with E-state index in [-0.39, 0.29) is 0 Å². The number of ether oxygens (including phenoxy) is 2. The minimum Gasteiger partial charge on any atom is -0.497 e. The molecule has 0 amide bonds. The van der Waals surface area contributed by atoms with E-state index >= 15 is 0 Å². The van der Waals surface area contributed by atoms with E-state index in [4.69, 9.17) is 15.2 Å². The normalized spacial score (nSPS) is 10.1. The lowest BCUT2D eigenvalue weighted by Gasteiger charge is -2.06. The molecule has 0 aliphatic heterocycles. The van der Waals surface area contributed by atoms with Crippen LogP contribution in [-0.2, 0) is 11.3 Å². The summed E-state index contributed by atoms with van der Waals surface area (Å²) in [5.74, 6) is 0.778. The first-order chi connectivity index (χ1) is 6.76. The Kier molecular flexibility index (Phi) is 4.26. The largest absolute Gasteiger partial charge is 0.497 e. The Hall–Kier alpha value is -1.22. The van der Waals surface area contributed by atoms with Gasteiger partial charge >= 0.3 is 0 Å². The summed E-state index contributed by atoms with van der Waals surface area (Å²) >= 11 is 0. The number of anilines is 1. The maximum atomic E-state index is 5.70. The Labute approximate surface area is 84.8 Å². The highest BCUT2D eigenvalue weighted by atomic mass is 16.5. The molecule has 0 aliphatic rings. The van der Waals surface area contributed by atoms with Crippen LogP contribution in [0.2, 0.25) is 0 Å². The highest BCUT2D eigenvalue weighted by Gasteiger charge is 1.98. The van der Waals surface area contributed by atoms with Gasteiger partial charge in [-0.1, -0.05) is 6.92 Å². The van der Waals surface area contributed by atoms with Gasteiger partial charge in [0.1, 0.15) is 5.75 Å². The quantitative estimate of drug-likeness (QED) is 0.578. The third-order valence-electron chi connectivity index (χ3n) is 1.84. The SMILES string of the molecule is CCCOCc1cc(N)cc(OC)c1. The van der Waals surface area contributed by atoms with Crippen molar-refractivity contribution in [1.82, 2.24) is 0 Å². The van der Waals surface area contributed by atoms with E-state index in [1.807, 2.05) is 12.1 Å². The maximum Gasteiger partial charge on any atom is 0.121 e. The monoisotopic (exact) mass is 195 g/mol. The molecule has 0 radical (unpaired) electrons. The molecule has 14 heavy (non-hydrogen) atoms. The summed E-state index contributed by atoms with van der Waals surface area (Å²) in [6, 6.07) is 5.63. The second-order valence-corrected chi connectivity index (χ2v) is 3.17. The van der Waals surface area contributed by atoms with E-state index in [9.17, 15) is 0 Å². The van der Waals surface area contributed by atoms with Crippen molar-refractivity contribution in [1.29, 1.82) is 0 Å². The third-order valence-corrected chi connectivity index (χ3v) is 1.84. The van der Waals surface area contributed by atoms with E-state index in [1.54, 1.807) is 13.2 Å². The summed E-state index contributed by atoms with van der Waals surface area (Å²) in [6.45, 7) is 3.45. The van der Waals surface area contributed by atoms with Crippen molar-refractivity contribution in [2.24, 2.45) is 0 Å². The molecule has 0 aromatic heterocycles. The Balaban J connectivity index is 2.62. The molecule has 1 aromatic rings. The Morgan fingerprint density at radius 2 is 2.07 bits per heavy atom. The number of nitrogen functional groups attached to an aromatic ring is 1. The molecule has 1 rings (SSSR count). The van der Waals surface area contributed by atoms with Crippen molar-refractivity contribution in [3.8, 4) is 5.75 Å². The molecule has 78 valence electrons. The van der Waals surface area contributed by atoms with Crippen molar-refractivity contribution in [3.63, 3.8) is 0 Å². The Morgan fingerprint density at radius 3 is 2.71 bits per heavy atom. The number of methoxy groups -OCH3 is 1. The highest BCUT2D eigenvalue weighted by molar-refractivity contribution is 5.47. The first-order valence-corrected chi connectivity index (χ1v) is 4.77. The van der Waals surface area contributed by atoms with Crippen LogP contribution in [0.5, 0.6) is 5.75 Å². The van der Waals surface area contributed by atoms with Crippen molar-refractivity contribution in [2.45, 2.75) is 20.0 Å². The number of hydrogen-bond donors (Lipinski definition) is 1. The second-order valence-electron chi connectivity index (χ2n) is 3.17. The van der Waals surface area contributed by atoms with Crippen LogP contribution < -0.4 is 10.5 Å². The number of hydrogen-bond acceptors (Lipinski definition) is 3. The van der Waals surface area contributed by atoms with Crippen LogP contribution in [-0.4, -0.2) is 13.7 Å². The molecule has 3 heteroatoms. The molecule has 2 N–H and O–H groups in total. The van der Waals surface area contributed by atoms with Crippen molar-refractivity contribution < 1.29 is 9.47 Å². The van der Waals surface area contributed by atoms with E-state index in [0.29, 0.717) is 12.3 Å². The van der Waals surface area contributed by atoms with Gasteiger partial charge in [0.2, 0.25) is 0 Å². The maximum absolute atomic E-state index is 5.70. The molecule has 0 fully saturated rings. The zero-order chi connectivity index (χ0) is 10.4. The van der Waals surface area contributed by atoms with E-state index in [0.717, 1.165) is 24.3 Å². The molecule has 0 aliphatic carbocycles. The van der Waals surface area contributed by atoms with Gasteiger partial charge in [-0.2, -0.15) is 0 Å². The Morgan fingerprint density at radius 1 is 1.29 bits per heavy atom. The van der Waals surface area contributed by atoms with Crippen LogP contribution in [0.1, 0.15) is 18.9 Å². The van der Waals surface area contributed by atoms with E-state index < -0.39 is 0 Å². The smallest absolute Gasteiger partial charge is 0.121 e. The third kappa shape index (κ3) is 3.26. The molecule has 0 saturated heterocycles. The van der Waals surface area contributed by atoms with Gasteiger partial charge in [-0.15, -0.1) is 0 Å². The van der Waals surface area contributed by atoms with Gasteiger partial charge in [-0.3, -0.25) is 0 Å². The number of benzene rings is 1. The van der Waals surface area contributed by atoms with Crippen LogP contribution in [0, 0.1) is 0 Å². The summed E-state index contributed by atoms with van der Waals surface area (Å²) in [5.41, 5.74) is 7.46. The van der Waals surface area contributed by atoms with Crippen molar-refractivity contribution >= 4 is 5.69 Å². The first-order valence-electron chi connectivity index (χ1n) is 4.77. The van der Waals surface area contributed by atoms with E-state index in [1.165, 1.54) is 0 Å². The molecule has 0 atom stereocenters. The minimum atomic E-state index is 0.592. The molecule has 3 nitrogen and oxygen atoms in total. The van der Waals surface area contributed by atoms with Crippen LogP contribution >= 0.6 is 0 Å². The fraction of sp³-hybridized carbons (Fsp3) is 0.455. The van der Waals surface area contributed by atoms with E-state index in [2.05, 4.69) is 6.92 Å². The standard InChI is InChI=1S/C11H17NO2/c1-3-4-14-8-9-5-10(12)7-11(6-9)13-2/h5-7H,3-4,8,12H2,1-2H3. The van der Waals surface area contributed by atoms with Gasteiger partial charge in [0, 0.05) is 18.4 Å². The molecule has 0 unspecified atom stereocenters. The average molecular weight is 195 g/mol. The highest BCUT2D eigenvalue weighted by Crippen LogP contribution is 2.18. The lowest BCUT2D eigenvalue weighted by molar-refractivity contribution is 0.121. The fourth-order valence-corrected chi connectivity index (χ4v) is 1.22. The average Bonchev–Trinajstić information content (AvgIpc) is 2.17. The molecular weight excluding hydrogens is 178 g/mol. The topological polar surface area (TPSA) is 44.5 Å². The predicted octanol–water partition coefficient (Wildman–Crippen LogP) is 2.20. The van der Waals surface area contributed by atoms with Gasteiger partial charge in [0.05, 0.1) is 13.7 Å². The number of rotatable bonds is 5. The van der Waals surface area contributed by atoms with Crippen LogP contribution in [0.25, 0.3) is 0 Å². The lowest BCUT2D eigenvalue weighted by atomic mass is 10.2. The molecule has 0 heterocycles. The zero-order valence-electron chi connectivity index (χ0n) is 8.75. The van der Waals surface area contributed by atoms with Gasteiger partial charge in [-0.25, -0.2) is 0 Å². The van der Waals surface area contributed by atoms with Crippen LogP contribution in [0.15, 0.2) is 18.2 Å². The molecule has 0 bridgehead atoms. The lowest BCUT2D eigenvalue weighted by Crippen LogP contribution is -1.96. The van der Waals surface area contributed by atoms with Crippen molar-refractivity contribution in [3.05, 3.63) is 23.8 Å². The first kappa shape index (κ1) is 10.9. The van der Waals surface area contributed by atoms with Crippen LogP contribution in [0.3, 0.4) is 0 Å². The molecular formula is C11H17NO2. The Bertz CT molecular complexity index is 287. The van der Waals surface area contributed by atoms with Gasteiger partial charge < -0.3 is 15.2 Å². The summed E-state index contributed by atoms with van der Waals surface area (Å²) in [7, 11) is 1.63. The number of nitrogens with two attached hydrogens (primary N) is 1. The van der Waals surface area contributed by atoms with Crippen LogP contribution in [0.4, 0.5) is 5.69 Å². The predicted molar refractivity (Wildman–Crippen MR) is 57.4 cm³/mol. The zero-order valence-corrected chi connectivity index (χ0v) is 8.75. The van der Waals surface area contributed by atoms with Gasteiger partial charge in [0.15, 0.2) is 0 Å². The molecule has 1 aromatic carbocycles. The van der Waals surface area contributed by atoms with Crippen molar-refractivity contribution in [2.75, 3.05) is 19.5 Å². The van der Waals surface area contributed by atoms with Gasteiger partial charge in [-0.05, 0) is 24.1 Å². The van der Waals surface area contributed by atoms with Gasteiger partial charge in [0.25, 0.3) is 0 Å². The summed E-state index contributed by atoms with van der Waals surface area (Å²) in [4.78, 5) is 0. The second kappa shape index (κ2) is 5.50. The molecule has 0 spiro atoms. The summed E-state index contributed by atoms with van der Waals surface area (Å²) in [6.07, 6.45) is 1.03. The molecule has 0 saturated carbocycles. The fourth-order valence-electron chi connectivity index (χ4n) is 1.22. The minimum absolute atomic E-state index is 0.592. The summed E-state index contributed by atoms with van der Waals surface area (Å²) < 4.78 is 10.5. The summed E-state index contributed by atoms with van der Waals surface area (Å²) in [5, 5.41) is 0.